The fraction of sp³-hybridized carbons (Fsp3) is 0.562. The largest absolute Gasteiger partial charge is 0.338 e. The fourth-order valence-electron chi connectivity index (χ4n) is 3.45. The predicted molar refractivity (Wildman–Crippen MR) is 88.3 cm³/mol. The van der Waals surface area contributed by atoms with Crippen molar-refractivity contribution in [1.82, 2.24) is 15.8 Å². The van der Waals surface area contributed by atoms with Crippen molar-refractivity contribution in [2.75, 3.05) is 18.1 Å². The summed E-state index contributed by atoms with van der Waals surface area (Å²) in [6, 6.07) is 5.46. The maximum Gasteiger partial charge on any atom is 0.241 e. The normalized spacial score (nSPS) is 28.8. The SMILES string of the molecule is CCN(C(=O)C1CC(c2ccc(F)cc2)NN1)C1CCS(=O)(=O)C1. The number of hydrogen-bond donors (Lipinski definition) is 2. The van der Waals surface area contributed by atoms with E-state index in [-0.39, 0.29) is 35.3 Å². The summed E-state index contributed by atoms with van der Waals surface area (Å²) in [5.41, 5.74) is 6.97. The highest BCUT2D eigenvalue weighted by Gasteiger charge is 2.38. The van der Waals surface area contributed by atoms with Crippen molar-refractivity contribution < 1.29 is 17.6 Å². The summed E-state index contributed by atoms with van der Waals surface area (Å²) < 4.78 is 36.4. The Morgan fingerprint density at radius 2 is 2.00 bits per heavy atom. The van der Waals surface area contributed by atoms with Crippen molar-refractivity contribution in [2.24, 2.45) is 0 Å². The van der Waals surface area contributed by atoms with E-state index in [1.807, 2.05) is 6.92 Å². The molecule has 0 aromatic heterocycles. The van der Waals surface area contributed by atoms with Crippen LogP contribution in [0.3, 0.4) is 0 Å². The van der Waals surface area contributed by atoms with Crippen LogP contribution >= 0.6 is 0 Å². The van der Waals surface area contributed by atoms with E-state index in [2.05, 4.69) is 10.9 Å². The minimum Gasteiger partial charge on any atom is -0.338 e. The molecular formula is C16H22FN3O3S. The van der Waals surface area contributed by atoms with Gasteiger partial charge in [0, 0.05) is 18.6 Å². The van der Waals surface area contributed by atoms with E-state index in [1.54, 1.807) is 17.0 Å². The summed E-state index contributed by atoms with van der Waals surface area (Å²) in [5, 5.41) is 0. The molecule has 24 heavy (non-hydrogen) atoms. The van der Waals surface area contributed by atoms with Gasteiger partial charge in [0.05, 0.1) is 11.5 Å². The number of nitrogens with zero attached hydrogens (tertiary/aromatic N) is 1. The van der Waals surface area contributed by atoms with Gasteiger partial charge in [-0.2, -0.15) is 0 Å². The van der Waals surface area contributed by atoms with Gasteiger partial charge in [-0.25, -0.2) is 23.7 Å². The Labute approximate surface area is 141 Å². The summed E-state index contributed by atoms with van der Waals surface area (Å²) in [4.78, 5) is 14.4. The molecule has 1 amide bonds. The number of hydrazine groups is 1. The number of carbonyl (C=O) groups excluding carboxylic acids is 1. The van der Waals surface area contributed by atoms with E-state index in [0.29, 0.717) is 19.4 Å². The molecule has 6 nitrogen and oxygen atoms in total. The van der Waals surface area contributed by atoms with Crippen LogP contribution in [0.4, 0.5) is 4.39 Å². The minimum atomic E-state index is -3.03. The zero-order valence-electron chi connectivity index (χ0n) is 13.5. The molecule has 3 atom stereocenters. The van der Waals surface area contributed by atoms with E-state index in [9.17, 15) is 17.6 Å². The lowest BCUT2D eigenvalue weighted by atomic mass is 10.0. The van der Waals surface area contributed by atoms with Crippen LogP contribution in [0.25, 0.3) is 0 Å². The van der Waals surface area contributed by atoms with Crippen LogP contribution in [0.5, 0.6) is 0 Å². The highest BCUT2D eigenvalue weighted by atomic mass is 32.2. The molecule has 1 aromatic rings. The molecule has 8 heteroatoms. The first-order valence-corrected chi connectivity index (χ1v) is 9.99. The summed E-state index contributed by atoms with van der Waals surface area (Å²) in [6.45, 7) is 2.35. The smallest absolute Gasteiger partial charge is 0.241 e. The molecule has 0 radical (unpaired) electrons. The molecule has 2 saturated heterocycles. The number of benzene rings is 1. The first-order valence-electron chi connectivity index (χ1n) is 8.17. The van der Waals surface area contributed by atoms with E-state index in [0.717, 1.165) is 5.56 Å². The summed E-state index contributed by atoms with van der Waals surface area (Å²) in [7, 11) is -3.03. The Morgan fingerprint density at radius 3 is 2.58 bits per heavy atom. The average Bonchev–Trinajstić information content (AvgIpc) is 3.16. The van der Waals surface area contributed by atoms with Crippen molar-refractivity contribution in [3.05, 3.63) is 35.6 Å². The fourth-order valence-corrected chi connectivity index (χ4v) is 5.18. The Kier molecular flexibility index (Phi) is 4.89. The standard InChI is InChI=1S/C16H22FN3O3S/c1-2-20(13-7-8-24(22,23)10-13)16(21)15-9-14(18-19-15)11-3-5-12(17)6-4-11/h3-6,13-15,18-19H,2,7-10H2,1H3. The topological polar surface area (TPSA) is 78.5 Å². The maximum atomic E-state index is 13.0. The molecule has 0 saturated carbocycles. The van der Waals surface area contributed by atoms with Gasteiger partial charge in [0.1, 0.15) is 11.9 Å². The molecule has 2 heterocycles. The van der Waals surface area contributed by atoms with Crippen LogP contribution < -0.4 is 10.9 Å². The van der Waals surface area contributed by atoms with Gasteiger partial charge in [-0.3, -0.25) is 4.79 Å². The van der Waals surface area contributed by atoms with Gasteiger partial charge in [0.15, 0.2) is 9.84 Å². The Bertz CT molecular complexity index is 708. The number of carbonyl (C=O) groups is 1. The third-order valence-corrected chi connectivity index (χ3v) is 6.50. The van der Waals surface area contributed by atoms with Crippen LogP contribution in [0.1, 0.15) is 31.4 Å². The number of halogens is 1. The molecule has 2 N–H and O–H groups in total. The van der Waals surface area contributed by atoms with Crippen LogP contribution in [0.2, 0.25) is 0 Å². The average molecular weight is 355 g/mol. The van der Waals surface area contributed by atoms with Gasteiger partial charge >= 0.3 is 0 Å². The molecule has 3 rings (SSSR count). The number of nitrogens with one attached hydrogen (secondary N) is 2. The van der Waals surface area contributed by atoms with Crippen molar-refractivity contribution >= 4 is 15.7 Å². The quantitative estimate of drug-likeness (QED) is 0.834. The van der Waals surface area contributed by atoms with Gasteiger partial charge in [-0.05, 0) is 37.5 Å². The molecule has 2 fully saturated rings. The van der Waals surface area contributed by atoms with Crippen molar-refractivity contribution in [3.63, 3.8) is 0 Å². The number of rotatable bonds is 4. The van der Waals surface area contributed by atoms with E-state index in [4.69, 9.17) is 0 Å². The molecule has 0 aliphatic carbocycles. The lowest BCUT2D eigenvalue weighted by Crippen LogP contribution is -2.50. The second-order valence-corrected chi connectivity index (χ2v) is 8.59. The third kappa shape index (κ3) is 3.60. The van der Waals surface area contributed by atoms with Gasteiger partial charge < -0.3 is 4.90 Å². The zero-order valence-corrected chi connectivity index (χ0v) is 14.4. The van der Waals surface area contributed by atoms with Gasteiger partial charge in [-0.15, -0.1) is 0 Å². The van der Waals surface area contributed by atoms with Crippen LogP contribution in [-0.2, 0) is 14.6 Å². The van der Waals surface area contributed by atoms with Crippen LogP contribution in [-0.4, -0.2) is 49.4 Å². The third-order valence-electron chi connectivity index (χ3n) is 4.75. The monoisotopic (exact) mass is 355 g/mol. The van der Waals surface area contributed by atoms with Crippen LogP contribution in [0, 0.1) is 5.82 Å². The Hall–Kier alpha value is -1.51. The highest BCUT2D eigenvalue weighted by molar-refractivity contribution is 7.91. The minimum absolute atomic E-state index is 0.0497. The Morgan fingerprint density at radius 1 is 1.29 bits per heavy atom. The molecule has 3 unspecified atom stereocenters. The van der Waals surface area contributed by atoms with Crippen molar-refractivity contribution in [3.8, 4) is 0 Å². The Balaban J connectivity index is 1.66. The number of hydrogen-bond acceptors (Lipinski definition) is 5. The summed E-state index contributed by atoms with van der Waals surface area (Å²) >= 11 is 0. The van der Waals surface area contributed by atoms with Crippen LogP contribution in [0.15, 0.2) is 24.3 Å². The molecular weight excluding hydrogens is 333 g/mol. The lowest BCUT2D eigenvalue weighted by Gasteiger charge is -2.29. The summed E-state index contributed by atoms with van der Waals surface area (Å²) in [6.07, 6.45) is 1.05. The first-order chi connectivity index (χ1) is 11.4. The second kappa shape index (κ2) is 6.78. The van der Waals surface area contributed by atoms with E-state index < -0.39 is 15.9 Å². The molecule has 0 bridgehead atoms. The van der Waals surface area contributed by atoms with Crippen molar-refractivity contribution in [2.45, 2.75) is 37.9 Å². The molecule has 2 aliphatic rings. The second-order valence-electron chi connectivity index (χ2n) is 6.36. The molecule has 2 aliphatic heterocycles. The van der Waals surface area contributed by atoms with Gasteiger partial charge in [0.25, 0.3) is 0 Å². The zero-order chi connectivity index (χ0) is 17.3. The van der Waals surface area contributed by atoms with E-state index >= 15 is 0 Å². The van der Waals surface area contributed by atoms with Gasteiger partial charge in [0.2, 0.25) is 5.91 Å². The molecule has 132 valence electrons. The number of likely N-dealkylation sites (N-methyl/N-ethyl adjacent to an activating group) is 1. The number of sulfone groups is 1. The molecule has 1 aromatic carbocycles. The van der Waals surface area contributed by atoms with E-state index in [1.165, 1.54) is 12.1 Å². The predicted octanol–water partition coefficient (Wildman–Crippen LogP) is 0.769. The number of amides is 1. The molecule has 0 spiro atoms. The van der Waals surface area contributed by atoms with Crippen molar-refractivity contribution in [1.29, 1.82) is 0 Å². The maximum absolute atomic E-state index is 13.0. The highest BCUT2D eigenvalue weighted by Crippen LogP contribution is 2.25. The first kappa shape index (κ1) is 17.3. The summed E-state index contributed by atoms with van der Waals surface area (Å²) in [5.74, 6) is -0.182. The lowest BCUT2D eigenvalue weighted by molar-refractivity contribution is -0.134. The van der Waals surface area contributed by atoms with Gasteiger partial charge in [-0.1, -0.05) is 12.1 Å².